The summed E-state index contributed by atoms with van der Waals surface area (Å²) in [4.78, 5) is 17.4. The fourth-order valence-corrected chi connectivity index (χ4v) is 3.94. The van der Waals surface area contributed by atoms with Gasteiger partial charge < -0.3 is 0 Å². The van der Waals surface area contributed by atoms with Crippen molar-refractivity contribution in [2.24, 2.45) is 0 Å². The molecule has 2 aromatic carbocycles. The summed E-state index contributed by atoms with van der Waals surface area (Å²) in [5, 5.41) is 2.06. The fraction of sp³-hybridized carbons (Fsp3) is 0.143. The van der Waals surface area contributed by atoms with E-state index in [1.54, 1.807) is 11.3 Å². The normalized spacial score (nSPS) is 11.3. The van der Waals surface area contributed by atoms with Gasteiger partial charge in [-0.1, -0.05) is 68.4 Å². The summed E-state index contributed by atoms with van der Waals surface area (Å²) >= 11 is 1.56. The third kappa shape index (κ3) is 2.68. The van der Waals surface area contributed by atoms with Crippen LogP contribution in [0.25, 0.3) is 27.5 Å². The molecule has 0 saturated heterocycles. The zero-order valence-electron chi connectivity index (χ0n) is 14.1. The Morgan fingerprint density at radius 2 is 1.72 bits per heavy atom. The van der Waals surface area contributed by atoms with Crippen LogP contribution in [0.2, 0.25) is 0 Å². The molecule has 0 fully saturated rings. The van der Waals surface area contributed by atoms with E-state index >= 15 is 0 Å². The number of fused-ring (bicyclic) bond motifs is 1. The van der Waals surface area contributed by atoms with Gasteiger partial charge in [0.1, 0.15) is 11.4 Å². The Morgan fingerprint density at radius 1 is 1.00 bits per heavy atom. The molecule has 0 aliphatic carbocycles. The standard InChI is InChI=1S/C21H18N2OS/c1-14(2)15-8-10-16(11-9-15)19-13-25-21-22-20(18(12-24)23(19)21)17-6-4-3-5-7-17/h3-14H,1-2H3. The molecule has 0 unspecified atom stereocenters. The van der Waals surface area contributed by atoms with Gasteiger partial charge >= 0.3 is 0 Å². The first-order chi connectivity index (χ1) is 12.2. The van der Waals surface area contributed by atoms with Crippen molar-refractivity contribution >= 4 is 22.6 Å². The van der Waals surface area contributed by atoms with Crippen LogP contribution < -0.4 is 0 Å². The zero-order chi connectivity index (χ0) is 17.4. The summed E-state index contributed by atoms with van der Waals surface area (Å²) in [6, 6.07) is 18.4. The predicted octanol–water partition coefficient (Wildman–Crippen LogP) is 5.67. The molecule has 0 amide bonds. The van der Waals surface area contributed by atoms with Crippen molar-refractivity contribution in [3.8, 4) is 22.5 Å². The largest absolute Gasteiger partial charge is 0.296 e. The Morgan fingerprint density at radius 3 is 2.36 bits per heavy atom. The van der Waals surface area contributed by atoms with E-state index in [9.17, 15) is 4.79 Å². The van der Waals surface area contributed by atoms with Gasteiger partial charge in [-0.3, -0.25) is 9.20 Å². The van der Waals surface area contributed by atoms with Crippen LogP contribution in [0.15, 0.2) is 60.0 Å². The highest BCUT2D eigenvalue weighted by Crippen LogP contribution is 2.32. The number of imidazole rings is 1. The highest BCUT2D eigenvalue weighted by Gasteiger charge is 2.18. The summed E-state index contributed by atoms with van der Waals surface area (Å²) in [6.45, 7) is 4.37. The van der Waals surface area contributed by atoms with Crippen molar-refractivity contribution in [2.45, 2.75) is 19.8 Å². The molecule has 4 heteroatoms. The number of hydrogen-bond donors (Lipinski definition) is 0. The molecule has 0 bridgehead atoms. The number of aromatic nitrogens is 2. The molecule has 0 spiro atoms. The van der Waals surface area contributed by atoms with Gasteiger partial charge in [0.15, 0.2) is 11.2 Å². The highest BCUT2D eigenvalue weighted by atomic mass is 32.1. The van der Waals surface area contributed by atoms with Crippen LogP contribution in [0.3, 0.4) is 0 Å². The van der Waals surface area contributed by atoms with Crippen molar-refractivity contribution in [2.75, 3.05) is 0 Å². The Hall–Kier alpha value is -2.72. The van der Waals surface area contributed by atoms with Crippen LogP contribution in [0, 0.1) is 0 Å². The quantitative estimate of drug-likeness (QED) is 0.446. The maximum Gasteiger partial charge on any atom is 0.195 e. The van der Waals surface area contributed by atoms with Gasteiger partial charge in [0.25, 0.3) is 0 Å². The summed E-state index contributed by atoms with van der Waals surface area (Å²) in [7, 11) is 0. The number of hydrogen-bond acceptors (Lipinski definition) is 3. The van der Waals surface area contributed by atoms with Gasteiger partial charge in [-0.2, -0.15) is 0 Å². The Balaban J connectivity index is 1.89. The molecule has 25 heavy (non-hydrogen) atoms. The van der Waals surface area contributed by atoms with Crippen LogP contribution in [-0.4, -0.2) is 15.7 Å². The molecule has 0 atom stereocenters. The summed E-state index contributed by atoms with van der Waals surface area (Å²) in [5.74, 6) is 0.500. The van der Waals surface area contributed by atoms with Gasteiger partial charge in [-0.15, -0.1) is 11.3 Å². The SMILES string of the molecule is CC(C)c1ccc(-c2csc3nc(-c4ccccc4)c(C=O)n23)cc1. The van der Waals surface area contributed by atoms with E-state index in [1.165, 1.54) is 5.56 Å². The first-order valence-electron chi connectivity index (χ1n) is 8.30. The van der Waals surface area contributed by atoms with Crippen LogP contribution in [-0.2, 0) is 0 Å². The van der Waals surface area contributed by atoms with Gasteiger partial charge in [0.05, 0.1) is 5.69 Å². The second-order valence-corrected chi connectivity index (χ2v) is 7.18. The Bertz CT molecular complexity index is 1030. The minimum absolute atomic E-state index is 0.500. The molecular formula is C21H18N2OS. The summed E-state index contributed by atoms with van der Waals surface area (Å²) < 4.78 is 1.96. The lowest BCUT2D eigenvalue weighted by atomic mass is 10.0. The predicted molar refractivity (Wildman–Crippen MR) is 103 cm³/mol. The van der Waals surface area contributed by atoms with Crippen molar-refractivity contribution in [1.29, 1.82) is 0 Å². The summed E-state index contributed by atoms with van der Waals surface area (Å²) in [5.41, 5.74) is 5.71. The molecule has 2 aromatic heterocycles. The number of benzene rings is 2. The molecule has 2 heterocycles. The minimum Gasteiger partial charge on any atom is -0.296 e. The fourth-order valence-electron chi connectivity index (χ4n) is 3.04. The molecule has 0 aliphatic rings. The Kier molecular flexibility index (Phi) is 3.98. The molecule has 0 aliphatic heterocycles. The maximum atomic E-state index is 11.8. The van der Waals surface area contributed by atoms with E-state index in [0.29, 0.717) is 11.6 Å². The third-order valence-electron chi connectivity index (χ3n) is 4.43. The third-order valence-corrected chi connectivity index (χ3v) is 5.26. The average molecular weight is 346 g/mol. The Labute approximate surface area is 150 Å². The van der Waals surface area contributed by atoms with Crippen molar-refractivity contribution in [3.63, 3.8) is 0 Å². The van der Waals surface area contributed by atoms with Crippen LogP contribution in [0.1, 0.15) is 35.8 Å². The topological polar surface area (TPSA) is 34.4 Å². The molecule has 4 rings (SSSR count). The van der Waals surface area contributed by atoms with E-state index in [1.807, 2.05) is 34.7 Å². The van der Waals surface area contributed by atoms with E-state index in [2.05, 4.69) is 43.5 Å². The van der Waals surface area contributed by atoms with Crippen molar-refractivity contribution < 1.29 is 4.79 Å². The van der Waals surface area contributed by atoms with Gasteiger partial charge in [0.2, 0.25) is 0 Å². The van der Waals surface area contributed by atoms with Gasteiger partial charge in [-0.05, 0) is 17.0 Å². The first kappa shape index (κ1) is 15.8. The highest BCUT2D eigenvalue weighted by molar-refractivity contribution is 7.15. The van der Waals surface area contributed by atoms with E-state index in [-0.39, 0.29) is 0 Å². The lowest BCUT2D eigenvalue weighted by Crippen LogP contribution is -1.94. The molecular weight excluding hydrogens is 328 g/mol. The number of carbonyl (C=O) groups excluding carboxylic acids is 1. The van der Waals surface area contributed by atoms with Crippen LogP contribution >= 0.6 is 11.3 Å². The number of aldehydes is 1. The average Bonchev–Trinajstić information content (AvgIpc) is 3.21. The molecule has 0 N–H and O–H groups in total. The van der Waals surface area contributed by atoms with Crippen LogP contribution in [0.4, 0.5) is 0 Å². The van der Waals surface area contributed by atoms with Crippen LogP contribution in [0.5, 0.6) is 0 Å². The molecule has 124 valence electrons. The number of nitrogens with zero attached hydrogens (tertiary/aromatic N) is 2. The molecule has 0 radical (unpaired) electrons. The van der Waals surface area contributed by atoms with E-state index < -0.39 is 0 Å². The lowest BCUT2D eigenvalue weighted by molar-refractivity contribution is 0.111. The summed E-state index contributed by atoms with van der Waals surface area (Å²) in [6.07, 6.45) is 0.904. The number of thiazole rings is 1. The van der Waals surface area contributed by atoms with Crippen molar-refractivity contribution in [3.05, 3.63) is 71.2 Å². The minimum atomic E-state index is 0.500. The lowest BCUT2D eigenvalue weighted by Gasteiger charge is -2.07. The number of carbonyl (C=O) groups is 1. The second-order valence-electron chi connectivity index (χ2n) is 6.35. The second kappa shape index (κ2) is 6.30. The maximum absolute atomic E-state index is 11.8. The van der Waals surface area contributed by atoms with Gasteiger partial charge in [0, 0.05) is 10.9 Å². The van der Waals surface area contributed by atoms with Crippen molar-refractivity contribution in [1.82, 2.24) is 9.38 Å². The molecule has 4 aromatic rings. The van der Waals surface area contributed by atoms with Gasteiger partial charge in [-0.25, -0.2) is 4.98 Å². The first-order valence-corrected chi connectivity index (χ1v) is 9.18. The number of rotatable bonds is 4. The smallest absolute Gasteiger partial charge is 0.195 e. The van der Waals surface area contributed by atoms with E-state index in [4.69, 9.17) is 4.98 Å². The molecule has 3 nitrogen and oxygen atoms in total. The van der Waals surface area contributed by atoms with E-state index in [0.717, 1.165) is 33.8 Å². The zero-order valence-corrected chi connectivity index (χ0v) is 15.0. The molecule has 0 saturated carbocycles. The monoisotopic (exact) mass is 346 g/mol.